The van der Waals surface area contributed by atoms with E-state index in [1.54, 1.807) is 0 Å². The van der Waals surface area contributed by atoms with Crippen molar-refractivity contribution in [1.82, 2.24) is 31.1 Å². The summed E-state index contributed by atoms with van der Waals surface area (Å²) in [5.74, 6) is 0.246. The monoisotopic (exact) mass is 617 g/mol. The van der Waals surface area contributed by atoms with Crippen molar-refractivity contribution in [3.8, 4) is 0 Å². The number of rotatable bonds is 10. The first-order valence-corrected chi connectivity index (χ1v) is 17.4. The van der Waals surface area contributed by atoms with Crippen molar-refractivity contribution < 1.29 is 14.7 Å². The van der Waals surface area contributed by atoms with Gasteiger partial charge in [-0.05, 0) is 62.9 Å². The van der Waals surface area contributed by atoms with Crippen molar-refractivity contribution in [2.24, 2.45) is 5.73 Å². The van der Waals surface area contributed by atoms with Crippen LogP contribution in [0.15, 0.2) is 24.3 Å². The zero-order chi connectivity index (χ0) is 31.5. The van der Waals surface area contributed by atoms with E-state index in [0.29, 0.717) is 32.5 Å². The second kappa shape index (κ2) is 26.2. The average molecular weight is 618 g/mol. The van der Waals surface area contributed by atoms with Crippen LogP contribution in [-0.4, -0.2) is 105 Å². The summed E-state index contributed by atoms with van der Waals surface area (Å²) in [6.07, 6.45) is 13.0. The molecule has 3 heterocycles. The molecule has 3 saturated heterocycles. The summed E-state index contributed by atoms with van der Waals surface area (Å²) in [7, 11) is 0. The van der Waals surface area contributed by atoms with Crippen LogP contribution in [0, 0.1) is 0 Å². The topological polar surface area (TPSA) is 135 Å². The summed E-state index contributed by atoms with van der Waals surface area (Å²) in [4.78, 5) is 28.5. The Hall–Kier alpha value is -2.08. The third-order valence-electron chi connectivity index (χ3n) is 8.29. The zero-order valence-electron chi connectivity index (χ0n) is 27.4. The van der Waals surface area contributed by atoms with Crippen LogP contribution >= 0.6 is 0 Å². The second-order valence-electron chi connectivity index (χ2n) is 12.1. The van der Waals surface area contributed by atoms with E-state index >= 15 is 0 Å². The lowest BCUT2D eigenvalue weighted by Gasteiger charge is -2.34. The Labute approximate surface area is 267 Å². The quantitative estimate of drug-likeness (QED) is 0.221. The smallest absolute Gasteiger partial charge is 0.221 e. The Morgan fingerprint density at radius 1 is 0.818 bits per heavy atom. The molecule has 0 atom stereocenters. The maximum atomic E-state index is 11.7. The van der Waals surface area contributed by atoms with Crippen LogP contribution in [0.1, 0.15) is 88.2 Å². The fourth-order valence-electron chi connectivity index (χ4n) is 5.51. The van der Waals surface area contributed by atoms with Gasteiger partial charge in [0.15, 0.2) is 0 Å². The number of carbonyl (C=O) groups excluding carboxylic acids is 2. The van der Waals surface area contributed by atoms with Crippen LogP contribution in [0.3, 0.4) is 0 Å². The summed E-state index contributed by atoms with van der Waals surface area (Å²) in [5.41, 5.74) is 7.89. The Morgan fingerprint density at radius 2 is 1.50 bits per heavy atom. The molecule has 0 unspecified atom stereocenters. The number of hydrogen-bond acceptors (Lipinski definition) is 8. The van der Waals surface area contributed by atoms with Gasteiger partial charge in [-0.2, -0.15) is 0 Å². The average Bonchev–Trinajstić information content (AvgIpc) is 3.04. The van der Waals surface area contributed by atoms with E-state index in [2.05, 4.69) is 37.1 Å². The molecule has 1 aromatic rings. The van der Waals surface area contributed by atoms with E-state index in [-0.39, 0.29) is 18.4 Å². The van der Waals surface area contributed by atoms with Gasteiger partial charge < -0.3 is 41.9 Å². The molecule has 0 saturated carbocycles. The molecular formula is C34H63N7O3. The molecule has 4 rings (SSSR count). The number of aliphatic hydroxyl groups excluding tert-OH is 1. The van der Waals surface area contributed by atoms with Gasteiger partial charge in [-0.25, -0.2) is 0 Å². The standard InChI is InChI=1S/C19H38N4O.C15H25N3O2/c24-19-9-12-20-10-8-14-23-17-15-22(16-18-23)13-7-5-3-1-2-4-6-11-21-19;16-11-13-4-3-5-14(10-13)12-17-8-6-15(20)18-7-1-2-9-19/h20H,1-18H2,(H,21,24);3-5,10,17,19H,1-2,6-9,11-12,16H2,(H,18,20). The van der Waals surface area contributed by atoms with E-state index in [9.17, 15) is 9.59 Å². The molecule has 10 heteroatoms. The molecule has 0 spiro atoms. The van der Waals surface area contributed by atoms with Gasteiger partial charge >= 0.3 is 0 Å². The van der Waals surface area contributed by atoms with Gasteiger partial charge in [0.1, 0.15) is 0 Å². The molecule has 0 aliphatic carbocycles. The second-order valence-corrected chi connectivity index (χ2v) is 12.1. The van der Waals surface area contributed by atoms with Crippen LogP contribution in [0.5, 0.6) is 0 Å². The number of benzene rings is 1. The van der Waals surface area contributed by atoms with Crippen LogP contribution in [-0.2, 0) is 22.7 Å². The van der Waals surface area contributed by atoms with Gasteiger partial charge in [0.05, 0.1) is 0 Å². The van der Waals surface area contributed by atoms with Crippen molar-refractivity contribution in [2.45, 2.75) is 90.1 Å². The molecule has 2 bridgehead atoms. The fourth-order valence-corrected chi connectivity index (χ4v) is 5.51. The third-order valence-corrected chi connectivity index (χ3v) is 8.29. The number of nitrogens with zero attached hydrogens (tertiary/aromatic N) is 2. The molecule has 1 aromatic carbocycles. The Morgan fingerprint density at radius 3 is 2.23 bits per heavy atom. The van der Waals surface area contributed by atoms with Crippen molar-refractivity contribution in [3.05, 3.63) is 35.4 Å². The van der Waals surface area contributed by atoms with E-state index in [1.165, 1.54) is 89.8 Å². The lowest BCUT2D eigenvalue weighted by Crippen LogP contribution is -2.47. The number of unbranched alkanes of at least 4 members (excludes halogenated alkanes) is 1. The van der Waals surface area contributed by atoms with Gasteiger partial charge in [0.2, 0.25) is 11.8 Å². The van der Waals surface area contributed by atoms with Crippen LogP contribution in [0.4, 0.5) is 0 Å². The Kier molecular flexibility index (Phi) is 22.7. The lowest BCUT2D eigenvalue weighted by molar-refractivity contribution is -0.121. The van der Waals surface area contributed by atoms with Crippen molar-refractivity contribution in [1.29, 1.82) is 0 Å². The van der Waals surface area contributed by atoms with Crippen LogP contribution < -0.4 is 27.0 Å². The molecule has 252 valence electrons. The van der Waals surface area contributed by atoms with Crippen molar-refractivity contribution >= 4 is 11.8 Å². The number of nitrogens with one attached hydrogen (secondary N) is 4. The molecule has 0 aromatic heterocycles. The molecular weight excluding hydrogens is 554 g/mol. The minimum atomic E-state index is 0.0474. The predicted molar refractivity (Wildman–Crippen MR) is 180 cm³/mol. The first kappa shape index (κ1) is 38.1. The molecule has 3 aliphatic heterocycles. The normalized spacial score (nSPS) is 21.3. The van der Waals surface area contributed by atoms with Crippen molar-refractivity contribution in [3.63, 3.8) is 0 Å². The first-order chi connectivity index (χ1) is 21.6. The molecule has 2 amide bonds. The molecule has 10 nitrogen and oxygen atoms in total. The van der Waals surface area contributed by atoms with Gasteiger partial charge in [0.25, 0.3) is 0 Å². The SMILES string of the molecule is NCc1cccc(CNCCC(=O)NCCCCO)c1.O=C1CCNCCCN2CCN(CCCCCCCCCN1)CC2. The van der Waals surface area contributed by atoms with E-state index in [1.807, 2.05) is 18.2 Å². The number of fused-ring (bicyclic) bond motifs is 18. The summed E-state index contributed by atoms with van der Waals surface area (Å²) < 4.78 is 0. The number of piperazine rings is 1. The highest BCUT2D eigenvalue weighted by atomic mass is 16.3. The Balaban J connectivity index is 0.000000312. The maximum Gasteiger partial charge on any atom is 0.221 e. The van der Waals surface area contributed by atoms with E-state index in [0.717, 1.165) is 51.0 Å². The number of nitrogens with two attached hydrogens (primary N) is 1. The maximum absolute atomic E-state index is 11.7. The van der Waals surface area contributed by atoms with Gasteiger partial charge in [0, 0.05) is 84.9 Å². The highest BCUT2D eigenvalue weighted by molar-refractivity contribution is 5.76. The summed E-state index contributed by atoms with van der Waals surface area (Å²) in [6.45, 7) is 12.8. The third kappa shape index (κ3) is 20.0. The van der Waals surface area contributed by atoms with Crippen molar-refractivity contribution in [2.75, 3.05) is 78.6 Å². The summed E-state index contributed by atoms with van der Waals surface area (Å²) in [5, 5.41) is 21.1. The van der Waals surface area contributed by atoms with Crippen LogP contribution in [0.25, 0.3) is 0 Å². The minimum Gasteiger partial charge on any atom is -0.396 e. The molecule has 7 N–H and O–H groups in total. The van der Waals surface area contributed by atoms with Gasteiger partial charge in [-0.15, -0.1) is 0 Å². The number of hydrogen-bond donors (Lipinski definition) is 6. The number of amides is 2. The van der Waals surface area contributed by atoms with E-state index < -0.39 is 0 Å². The summed E-state index contributed by atoms with van der Waals surface area (Å²) in [6, 6.07) is 8.11. The molecule has 44 heavy (non-hydrogen) atoms. The number of aliphatic hydroxyl groups is 1. The predicted octanol–water partition coefficient (Wildman–Crippen LogP) is 2.35. The fraction of sp³-hybridized carbons (Fsp3) is 0.765. The van der Waals surface area contributed by atoms with E-state index in [4.69, 9.17) is 10.8 Å². The zero-order valence-corrected chi connectivity index (χ0v) is 27.4. The largest absolute Gasteiger partial charge is 0.396 e. The minimum absolute atomic E-state index is 0.0474. The summed E-state index contributed by atoms with van der Waals surface area (Å²) >= 11 is 0. The molecule has 3 aliphatic rings. The highest BCUT2D eigenvalue weighted by Crippen LogP contribution is 2.09. The number of carbonyl (C=O) groups is 2. The first-order valence-electron chi connectivity index (χ1n) is 17.4. The van der Waals surface area contributed by atoms with Gasteiger partial charge in [-0.1, -0.05) is 56.4 Å². The van der Waals surface area contributed by atoms with Gasteiger partial charge in [-0.3, -0.25) is 9.59 Å². The molecule has 3 fully saturated rings. The molecule has 0 radical (unpaired) electrons. The Bertz CT molecular complexity index is 865. The lowest BCUT2D eigenvalue weighted by atomic mass is 10.1. The van der Waals surface area contributed by atoms with Crippen LogP contribution in [0.2, 0.25) is 0 Å². The highest BCUT2D eigenvalue weighted by Gasteiger charge is 2.15.